The minimum Gasteiger partial charge on any atom is -0.424 e. The molecule has 0 aliphatic heterocycles. The van der Waals surface area contributed by atoms with Gasteiger partial charge in [0.05, 0.1) is 11.1 Å². The summed E-state index contributed by atoms with van der Waals surface area (Å²) in [6, 6.07) is 8.14. The lowest BCUT2D eigenvalue weighted by atomic mass is 10.0. The van der Waals surface area contributed by atoms with Gasteiger partial charge in [-0.05, 0) is 62.4 Å². The van der Waals surface area contributed by atoms with E-state index in [-0.39, 0.29) is 17.8 Å². The molecular weight excluding hydrogens is 440 g/mol. The molecule has 3 rings (SSSR count). The zero-order valence-electron chi connectivity index (χ0n) is 16.6. The van der Waals surface area contributed by atoms with Crippen LogP contribution in [-0.4, -0.2) is 15.9 Å². The summed E-state index contributed by atoms with van der Waals surface area (Å²) in [5.74, 6) is -0.820. The van der Waals surface area contributed by atoms with Crippen molar-refractivity contribution in [1.82, 2.24) is 9.97 Å². The number of hydrogen-bond acceptors (Lipinski definition) is 4. The third kappa shape index (κ3) is 5.74. The van der Waals surface area contributed by atoms with Crippen molar-refractivity contribution in [3.63, 3.8) is 0 Å². The van der Waals surface area contributed by atoms with Crippen molar-refractivity contribution in [2.24, 2.45) is 0 Å². The van der Waals surface area contributed by atoms with E-state index in [1.165, 1.54) is 24.3 Å². The summed E-state index contributed by atoms with van der Waals surface area (Å²) in [7, 11) is 0. The minimum absolute atomic E-state index is 0.0437. The Bertz CT molecular complexity index is 1090. The topological polar surface area (TPSA) is 64.1 Å². The van der Waals surface area contributed by atoms with Crippen LogP contribution >= 0.6 is 0 Å². The van der Waals surface area contributed by atoms with E-state index in [2.05, 4.69) is 15.3 Å². The van der Waals surface area contributed by atoms with Crippen LogP contribution in [0.1, 0.15) is 32.9 Å². The molecule has 1 heterocycles. The van der Waals surface area contributed by atoms with Crippen molar-refractivity contribution in [1.29, 1.82) is 0 Å². The van der Waals surface area contributed by atoms with Crippen molar-refractivity contribution < 1.29 is 35.9 Å². The van der Waals surface area contributed by atoms with E-state index < -0.39 is 35.0 Å². The maximum atomic E-state index is 13.0. The molecule has 1 amide bonds. The first kappa shape index (κ1) is 23.0. The van der Waals surface area contributed by atoms with E-state index in [9.17, 15) is 31.1 Å². The number of rotatable bonds is 4. The van der Waals surface area contributed by atoms with Crippen LogP contribution in [0.15, 0.2) is 48.5 Å². The lowest BCUT2D eigenvalue weighted by molar-refractivity contribution is -0.143. The zero-order valence-corrected chi connectivity index (χ0v) is 16.6. The Morgan fingerprint density at radius 1 is 0.812 bits per heavy atom. The van der Waals surface area contributed by atoms with Crippen LogP contribution in [-0.2, 0) is 12.4 Å². The molecule has 5 nitrogen and oxygen atoms in total. The fourth-order valence-corrected chi connectivity index (χ4v) is 2.74. The number of amides is 1. The van der Waals surface area contributed by atoms with Gasteiger partial charge in [-0.1, -0.05) is 0 Å². The van der Waals surface area contributed by atoms with E-state index in [1.807, 2.05) is 0 Å². The Balaban J connectivity index is 1.79. The Morgan fingerprint density at radius 2 is 1.31 bits per heavy atom. The van der Waals surface area contributed by atoms with Crippen molar-refractivity contribution in [3.05, 3.63) is 76.6 Å². The molecule has 0 aliphatic rings. The summed E-state index contributed by atoms with van der Waals surface area (Å²) in [6.45, 7) is 3.52. The summed E-state index contributed by atoms with van der Waals surface area (Å²) >= 11 is 0. The highest BCUT2D eigenvalue weighted by Crippen LogP contribution is 2.36. The average Bonchev–Trinajstić information content (AvgIpc) is 2.67. The van der Waals surface area contributed by atoms with E-state index in [0.717, 1.165) is 0 Å². The molecule has 0 aliphatic carbocycles. The van der Waals surface area contributed by atoms with E-state index in [1.54, 1.807) is 19.9 Å². The second kappa shape index (κ2) is 8.48. The highest BCUT2D eigenvalue weighted by atomic mass is 19.4. The molecule has 0 atom stereocenters. The monoisotopic (exact) mass is 455 g/mol. The van der Waals surface area contributed by atoms with Gasteiger partial charge in [-0.15, -0.1) is 0 Å². The fourth-order valence-electron chi connectivity index (χ4n) is 2.74. The van der Waals surface area contributed by atoms with Crippen LogP contribution in [0, 0.1) is 13.8 Å². The molecule has 3 aromatic rings. The molecule has 1 aromatic heterocycles. The lowest BCUT2D eigenvalue weighted by Crippen LogP contribution is -2.17. The highest BCUT2D eigenvalue weighted by molar-refractivity contribution is 6.04. The van der Waals surface area contributed by atoms with Crippen molar-refractivity contribution in [2.45, 2.75) is 26.2 Å². The second-order valence-corrected chi connectivity index (χ2v) is 6.81. The lowest BCUT2D eigenvalue weighted by Gasteiger charge is -2.14. The number of carbonyl (C=O) groups excluding carboxylic acids is 1. The number of halogens is 6. The molecule has 11 heteroatoms. The summed E-state index contributed by atoms with van der Waals surface area (Å²) in [5.41, 5.74) is -2.42. The smallest absolute Gasteiger partial charge is 0.416 e. The number of nitrogens with zero attached hydrogens (tertiary/aromatic N) is 2. The van der Waals surface area contributed by atoms with Crippen LogP contribution < -0.4 is 10.1 Å². The third-order valence-corrected chi connectivity index (χ3v) is 4.13. The second-order valence-electron chi connectivity index (χ2n) is 6.81. The average molecular weight is 455 g/mol. The molecule has 32 heavy (non-hydrogen) atoms. The third-order valence-electron chi connectivity index (χ3n) is 4.13. The van der Waals surface area contributed by atoms with Gasteiger partial charge < -0.3 is 10.1 Å². The van der Waals surface area contributed by atoms with Gasteiger partial charge in [0.25, 0.3) is 5.91 Å². The van der Waals surface area contributed by atoms with Crippen LogP contribution in [0.5, 0.6) is 11.8 Å². The van der Waals surface area contributed by atoms with Crippen molar-refractivity contribution in [3.8, 4) is 11.8 Å². The normalized spacial score (nSPS) is 11.9. The maximum Gasteiger partial charge on any atom is 0.416 e. The first-order chi connectivity index (χ1) is 14.8. The number of aryl methyl sites for hydroxylation is 2. The van der Waals surface area contributed by atoms with Crippen LogP contribution in [0.3, 0.4) is 0 Å². The van der Waals surface area contributed by atoms with Gasteiger partial charge in [0.2, 0.25) is 0 Å². The number of carbonyl (C=O) groups is 1. The molecule has 0 bridgehead atoms. The minimum atomic E-state index is -5.05. The largest absolute Gasteiger partial charge is 0.424 e. The van der Waals surface area contributed by atoms with Crippen molar-refractivity contribution >= 4 is 11.6 Å². The number of nitrogens with one attached hydrogen (secondary N) is 1. The highest BCUT2D eigenvalue weighted by Gasteiger charge is 2.37. The first-order valence-corrected chi connectivity index (χ1v) is 9.02. The van der Waals surface area contributed by atoms with Gasteiger partial charge >= 0.3 is 18.4 Å². The Kier molecular flexibility index (Phi) is 6.11. The van der Waals surface area contributed by atoms with Crippen LogP contribution in [0.2, 0.25) is 0 Å². The molecule has 1 N–H and O–H groups in total. The molecule has 0 saturated carbocycles. The fraction of sp³-hybridized carbons (Fsp3) is 0.190. The Labute approximate surface area is 178 Å². The van der Waals surface area contributed by atoms with Gasteiger partial charge in [0, 0.05) is 22.6 Å². The van der Waals surface area contributed by atoms with Crippen LogP contribution in [0.25, 0.3) is 0 Å². The van der Waals surface area contributed by atoms with Crippen LogP contribution in [0.4, 0.5) is 32.0 Å². The SMILES string of the molecule is Cc1cc(C)nc(Oc2ccc(NC(=O)c3cc(C(F)(F)F)cc(C(F)(F)F)c3)cc2)n1. The van der Waals surface area contributed by atoms with Gasteiger partial charge in [0.15, 0.2) is 0 Å². The predicted molar refractivity (Wildman–Crippen MR) is 102 cm³/mol. The van der Waals surface area contributed by atoms with E-state index in [4.69, 9.17) is 4.74 Å². The van der Waals surface area contributed by atoms with Gasteiger partial charge in [-0.25, -0.2) is 9.97 Å². The maximum absolute atomic E-state index is 13.0. The molecular formula is C21H15F6N3O2. The number of ether oxygens (including phenoxy) is 1. The summed E-state index contributed by atoms with van der Waals surface area (Å²) in [5, 5.41) is 2.26. The number of benzene rings is 2. The molecule has 0 unspecified atom stereocenters. The number of aromatic nitrogens is 2. The molecule has 0 spiro atoms. The number of hydrogen-bond donors (Lipinski definition) is 1. The molecule has 168 valence electrons. The zero-order chi connectivity index (χ0) is 23.7. The Morgan fingerprint density at radius 3 is 1.78 bits per heavy atom. The summed E-state index contributed by atoms with van der Waals surface area (Å²) < 4.78 is 83.4. The van der Waals surface area contributed by atoms with E-state index >= 15 is 0 Å². The Hall–Kier alpha value is -3.63. The number of anilines is 1. The summed E-state index contributed by atoms with van der Waals surface area (Å²) in [4.78, 5) is 20.5. The molecule has 0 radical (unpaired) electrons. The molecule has 0 saturated heterocycles. The summed E-state index contributed by atoms with van der Waals surface area (Å²) in [6.07, 6.45) is -10.1. The first-order valence-electron chi connectivity index (χ1n) is 9.02. The standard InChI is InChI=1S/C21H15F6N3O2/c1-11-7-12(2)29-19(28-11)32-17-5-3-16(4-6-17)30-18(31)13-8-14(20(22,23)24)10-15(9-13)21(25,26)27/h3-10H,1-2H3,(H,30,31). The van der Waals surface area contributed by atoms with Gasteiger partial charge in [0.1, 0.15) is 5.75 Å². The van der Waals surface area contributed by atoms with Gasteiger partial charge in [-0.2, -0.15) is 26.3 Å². The van der Waals surface area contributed by atoms with E-state index in [0.29, 0.717) is 29.3 Å². The van der Waals surface area contributed by atoms with Gasteiger partial charge in [-0.3, -0.25) is 4.79 Å². The quantitative estimate of drug-likeness (QED) is 0.478. The molecule has 0 fully saturated rings. The van der Waals surface area contributed by atoms with Crippen molar-refractivity contribution in [2.75, 3.05) is 5.32 Å². The molecule has 2 aromatic carbocycles. The number of alkyl halides is 6. The predicted octanol–water partition coefficient (Wildman–Crippen LogP) is 6.18.